The van der Waals surface area contributed by atoms with Crippen LogP contribution >= 0.6 is 0 Å². The molecule has 0 bridgehead atoms. The first-order valence-corrected chi connectivity index (χ1v) is 13.5. The van der Waals surface area contributed by atoms with E-state index in [0.717, 1.165) is 28.0 Å². The predicted molar refractivity (Wildman–Crippen MR) is 141 cm³/mol. The predicted octanol–water partition coefficient (Wildman–Crippen LogP) is 4.31. The van der Waals surface area contributed by atoms with Crippen molar-refractivity contribution in [2.24, 2.45) is 0 Å². The highest BCUT2D eigenvalue weighted by Gasteiger charge is 2.28. The van der Waals surface area contributed by atoms with Gasteiger partial charge in [-0.05, 0) is 52.8 Å². The maximum Gasteiger partial charge on any atom is 0.322 e. The number of hydrogen-bond acceptors (Lipinski definition) is 9. The Hall–Kier alpha value is -3.97. The lowest BCUT2D eigenvalue weighted by molar-refractivity contribution is -0.145. The molecule has 3 aromatic heterocycles. The average molecular weight is 559 g/mol. The number of carbonyl (C=O) groups excluding carboxylic acids is 1. The Morgan fingerprint density at radius 1 is 1.13 bits per heavy atom. The number of hydrogen-bond donors (Lipinski definition) is 1. The Kier molecular flexibility index (Phi) is 7.66. The van der Waals surface area contributed by atoms with E-state index in [1.165, 1.54) is 23.3 Å². The minimum absolute atomic E-state index is 0.00448. The molecule has 0 aliphatic rings. The summed E-state index contributed by atoms with van der Waals surface area (Å²) in [4.78, 5) is 24.5. The second-order valence-corrected chi connectivity index (χ2v) is 11.6. The fraction of sp³-hybridized carbons (Fsp3) is 0.308. The molecule has 4 rings (SSSR count). The second-order valence-electron chi connectivity index (χ2n) is 9.75. The molecule has 13 heteroatoms. The summed E-state index contributed by atoms with van der Waals surface area (Å²) < 4.78 is 62.0. The molecule has 0 spiro atoms. The van der Waals surface area contributed by atoms with Gasteiger partial charge >= 0.3 is 5.97 Å². The molecule has 206 valence electrons. The monoisotopic (exact) mass is 558 g/mol. The third-order valence-electron chi connectivity index (χ3n) is 5.78. The van der Waals surface area contributed by atoms with Crippen molar-refractivity contribution >= 4 is 32.8 Å². The van der Waals surface area contributed by atoms with Gasteiger partial charge < -0.3 is 4.74 Å². The molecule has 0 saturated heterocycles. The van der Waals surface area contributed by atoms with Crippen LogP contribution in [-0.4, -0.2) is 57.0 Å². The third kappa shape index (κ3) is 5.88. The average Bonchev–Trinajstić information content (AvgIpc) is 3.24. The van der Waals surface area contributed by atoms with Gasteiger partial charge in [0.2, 0.25) is 0 Å². The summed E-state index contributed by atoms with van der Waals surface area (Å²) in [5, 5.41) is 1.56. The van der Waals surface area contributed by atoms with E-state index in [1.807, 2.05) is 6.92 Å². The van der Waals surface area contributed by atoms with Crippen molar-refractivity contribution < 1.29 is 26.7 Å². The molecule has 0 unspecified atom stereocenters. The largest absolute Gasteiger partial charge is 0.465 e. The minimum Gasteiger partial charge on any atom is -0.465 e. The highest BCUT2D eigenvalue weighted by molar-refractivity contribution is 7.90. The summed E-state index contributed by atoms with van der Waals surface area (Å²) >= 11 is 0. The molecule has 1 aromatic carbocycles. The Morgan fingerprint density at radius 2 is 1.82 bits per heavy atom. The van der Waals surface area contributed by atoms with E-state index in [2.05, 4.69) is 20.4 Å². The highest BCUT2D eigenvalue weighted by Crippen LogP contribution is 2.32. The van der Waals surface area contributed by atoms with Gasteiger partial charge in [-0.3, -0.25) is 10.2 Å². The standard InChI is InChI=1S/C26H28F2N6O4S/c1-6-38-22(35)15-34(26(3,4)5)32-24-21(28)13-29-23(31-24)20-14-33(25-19(20)11-17(27)12-30-25)39(36,37)18-9-7-16(2)8-10-18/h7-14H,6,15H2,1-5H3,(H,29,31,32). The number of halogens is 2. The summed E-state index contributed by atoms with van der Waals surface area (Å²) in [5.74, 6) is -2.41. The molecule has 0 aliphatic heterocycles. The van der Waals surface area contributed by atoms with Crippen molar-refractivity contribution in [2.75, 3.05) is 18.6 Å². The van der Waals surface area contributed by atoms with Crippen molar-refractivity contribution in [2.45, 2.75) is 45.1 Å². The molecule has 3 heterocycles. The fourth-order valence-electron chi connectivity index (χ4n) is 3.72. The van der Waals surface area contributed by atoms with E-state index in [-0.39, 0.29) is 46.3 Å². The minimum atomic E-state index is -4.13. The van der Waals surface area contributed by atoms with Crippen molar-refractivity contribution in [1.29, 1.82) is 0 Å². The van der Waals surface area contributed by atoms with Crippen molar-refractivity contribution in [3.63, 3.8) is 0 Å². The number of nitrogens with zero attached hydrogens (tertiary/aromatic N) is 5. The maximum atomic E-state index is 14.8. The van der Waals surface area contributed by atoms with Crippen LogP contribution in [0.15, 0.2) is 53.8 Å². The lowest BCUT2D eigenvalue weighted by Gasteiger charge is -2.35. The molecule has 0 atom stereocenters. The Balaban J connectivity index is 1.82. The number of esters is 1. The SMILES string of the molecule is CCOC(=O)CN(Nc1nc(-c2cn(S(=O)(=O)c3ccc(C)cc3)c3ncc(F)cc23)ncc1F)C(C)(C)C. The number of nitrogens with one attached hydrogen (secondary N) is 1. The van der Waals surface area contributed by atoms with Gasteiger partial charge in [0.1, 0.15) is 12.4 Å². The quantitative estimate of drug-likeness (QED) is 0.249. The summed E-state index contributed by atoms with van der Waals surface area (Å²) in [5.41, 5.74) is 3.09. The van der Waals surface area contributed by atoms with Crippen LogP contribution in [0, 0.1) is 18.6 Å². The molecule has 1 N–H and O–H groups in total. The zero-order valence-electron chi connectivity index (χ0n) is 22.1. The van der Waals surface area contributed by atoms with Crippen molar-refractivity contribution in [1.82, 2.24) is 23.9 Å². The Labute approximate surface area is 224 Å². The maximum absolute atomic E-state index is 14.8. The molecule has 39 heavy (non-hydrogen) atoms. The number of benzene rings is 1. The van der Waals surface area contributed by atoms with Gasteiger partial charge in [0.05, 0.1) is 23.9 Å². The lowest BCUT2D eigenvalue weighted by atomic mass is 10.1. The smallest absolute Gasteiger partial charge is 0.322 e. The molecular weight excluding hydrogens is 530 g/mol. The second kappa shape index (κ2) is 10.7. The number of aryl methyl sites for hydroxylation is 1. The number of anilines is 1. The first-order chi connectivity index (χ1) is 18.3. The van der Waals surface area contributed by atoms with Gasteiger partial charge in [0, 0.05) is 22.7 Å². The first-order valence-electron chi connectivity index (χ1n) is 12.0. The summed E-state index contributed by atoms with van der Waals surface area (Å²) in [6.45, 7) is 8.89. The van der Waals surface area contributed by atoms with Crippen LogP contribution in [0.25, 0.3) is 22.4 Å². The van der Waals surface area contributed by atoms with Crippen LogP contribution in [0.5, 0.6) is 0 Å². The molecule has 0 saturated carbocycles. The molecule has 4 aromatic rings. The van der Waals surface area contributed by atoms with Gasteiger partial charge in [0.25, 0.3) is 10.0 Å². The number of ether oxygens (including phenoxy) is 1. The Bertz CT molecular complexity index is 1630. The van der Waals surface area contributed by atoms with E-state index in [1.54, 1.807) is 39.8 Å². The first kappa shape index (κ1) is 28.0. The summed E-state index contributed by atoms with van der Waals surface area (Å²) in [6.07, 6.45) is 3.03. The summed E-state index contributed by atoms with van der Waals surface area (Å²) in [7, 11) is -4.13. The number of pyridine rings is 1. The van der Waals surface area contributed by atoms with Crippen molar-refractivity contribution in [3.8, 4) is 11.4 Å². The van der Waals surface area contributed by atoms with Crippen molar-refractivity contribution in [3.05, 3.63) is 66.1 Å². The van der Waals surface area contributed by atoms with E-state index in [9.17, 15) is 22.0 Å². The zero-order chi connectivity index (χ0) is 28.5. The van der Waals surface area contributed by atoms with Crippen LogP contribution in [0.1, 0.15) is 33.3 Å². The van der Waals surface area contributed by atoms with Crippen LogP contribution in [0.4, 0.5) is 14.6 Å². The lowest BCUT2D eigenvalue weighted by Crippen LogP contribution is -2.48. The molecule has 10 nitrogen and oxygen atoms in total. The molecule has 0 radical (unpaired) electrons. The number of hydrazine groups is 1. The van der Waals surface area contributed by atoms with Crippen LogP contribution < -0.4 is 5.43 Å². The van der Waals surface area contributed by atoms with Gasteiger partial charge in [-0.2, -0.15) is 0 Å². The van der Waals surface area contributed by atoms with Gasteiger partial charge in [-0.15, -0.1) is 0 Å². The molecule has 0 fully saturated rings. The number of fused-ring (bicyclic) bond motifs is 1. The van der Waals surface area contributed by atoms with E-state index in [0.29, 0.717) is 0 Å². The van der Waals surface area contributed by atoms with E-state index < -0.39 is 33.2 Å². The van der Waals surface area contributed by atoms with Gasteiger partial charge in [-0.25, -0.2) is 41.1 Å². The summed E-state index contributed by atoms with van der Waals surface area (Å²) in [6, 6.07) is 7.35. The molecular formula is C26H28F2N6O4S. The molecule has 0 aliphatic carbocycles. The normalized spacial score (nSPS) is 12.2. The van der Waals surface area contributed by atoms with Crippen LogP contribution in [-0.2, 0) is 19.6 Å². The zero-order valence-corrected chi connectivity index (χ0v) is 22.9. The number of carbonyl (C=O) groups is 1. The number of rotatable bonds is 8. The van der Waals surface area contributed by atoms with Gasteiger partial charge in [0.15, 0.2) is 23.1 Å². The van der Waals surface area contributed by atoms with Crippen LogP contribution in [0.3, 0.4) is 0 Å². The fourth-order valence-corrected chi connectivity index (χ4v) is 5.05. The van der Waals surface area contributed by atoms with Crippen LogP contribution in [0.2, 0.25) is 0 Å². The van der Waals surface area contributed by atoms with E-state index >= 15 is 0 Å². The van der Waals surface area contributed by atoms with Gasteiger partial charge in [-0.1, -0.05) is 17.7 Å². The highest BCUT2D eigenvalue weighted by atomic mass is 32.2. The van der Waals surface area contributed by atoms with E-state index in [4.69, 9.17) is 4.74 Å². The Morgan fingerprint density at radius 3 is 2.46 bits per heavy atom. The topological polar surface area (TPSA) is 119 Å². The molecule has 0 amide bonds. The number of aromatic nitrogens is 4. The third-order valence-corrected chi connectivity index (χ3v) is 7.45.